The Bertz CT molecular complexity index is 699. The fraction of sp³-hybridized carbons (Fsp3) is 0.300. The van der Waals surface area contributed by atoms with E-state index in [1.54, 1.807) is 24.0 Å². The van der Waals surface area contributed by atoms with Crippen LogP contribution < -0.4 is 11.1 Å². The van der Waals surface area contributed by atoms with Crippen LogP contribution in [0, 0.1) is 0 Å². The average Bonchev–Trinajstić information content (AvgIpc) is 2.65. The Kier molecular flexibility index (Phi) is 6.31. The van der Waals surface area contributed by atoms with Crippen molar-refractivity contribution in [2.45, 2.75) is 25.9 Å². The maximum atomic E-state index is 12.4. The molecule has 0 aliphatic heterocycles. The van der Waals surface area contributed by atoms with E-state index in [-0.39, 0.29) is 18.4 Å². The summed E-state index contributed by atoms with van der Waals surface area (Å²) in [5.41, 5.74) is 6.74. The van der Waals surface area contributed by atoms with Crippen molar-refractivity contribution in [3.05, 3.63) is 71.8 Å². The number of nitrogens with one attached hydrogen (secondary N) is 1. The van der Waals surface area contributed by atoms with Gasteiger partial charge in [0.2, 0.25) is 11.8 Å². The summed E-state index contributed by atoms with van der Waals surface area (Å²) in [7, 11) is 0. The number of benzene rings is 2. The zero-order chi connectivity index (χ0) is 18.3. The van der Waals surface area contributed by atoms with Crippen molar-refractivity contribution in [1.82, 2.24) is 10.2 Å². The number of amides is 2. The molecule has 2 aromatic rings. The van der Waals surface area contributed by atoms with Gasteiger partial charge in [0.05, 0.1) is 6.54 Å². The van der Waals surface area contributed by atoms with Crippen molar-refractivity contribution < 1.29 is 9.59 Å². The average molecular weight is 339 g/mol. The van der Waals surface area contributed by atoms with Gasteiger partial charge in [-0.25, -0.2) is 0 Å². The molecule has 0 aliphatic rings. The van der Waals surface area contributed by atoms with Crippen LogP contribution >= 0.6 is 0 Å². The first-order valence-corrected chi connectivity index (χ1v) is 8.39. The van der Waals surface area contributed by atoms with Gasteiger partial charge >= 0.3 is 0 Å². The predicted molar refractivity (Wildman–Crippen MR) is 98.5 cm³/mol. The number of carbonyl (C=O) groups is 2. The van der Waals surface area contributed by atoms with Crippen LogP contribution in [0.1, 0.15) is 25.0 Å². The second-order valence-corrected chi connectivity index (χ2v) is 6.14. The topological polar surface area (TPSA) is 75.4 Å². The zero-order valence-corrected chi connectivity index (χ0v) is 14.7. The maximum absolute atomic E-state index is 12.4. The van der Waals surface area contributed by atoms with E-state index in [9.17, 15) is 9.59 Å². The quantitative estimate of drug-likeness (QED) is 0.810. The lowest BCUT2D eigenvalue weighted by Gasteiger charge is -2.25. The van der Waals surface area contributed by atoms with Gasteiger partial charge in [0.15, 0.2) is 0 Å². The van der Waals surface area contributed by atoms with E-state index in [2.05, 4.69) is 5.32 Å². The van der Waals surface area contributed by atoms with Crippen LogP contribution in [0.2, 0.25) is 0 Å². The van der Waals surface area contributed by atoms with Crippen molar-refractivity contribution >= 4 is 11.8 Å². The maximum Gasteiger partial charge on any atom is 0.244 e. The van der Waals surface area contributed by atoms with Crippen LogP contribution in [0.5, 0.6) is 0 Å². The zero-order valence-electron chi connectivity index (χ0n) is 14.7. The molecule has 0 saturated heterocycles. The molecule has 2 rings (SSSR count). The number of likely N-dealkylation sites (N-methyl/N-ethyl adjacent to an activating group) is 1. The number of nitrogens with two attached hydrogens (primary N) is 1. The van der Waals surface area contributed by atoms with Gasteiger partial charge in [-0.2, -0.15) is 0 Å². The summed E-state index contributed by atoms with van der Waals surface area (Å²) in [6, 6.07) is 18.9. The first kappa shape index (κ1) is 18.7. The van der Waals surface area contributed by atoms with Crippen molar-refractivity contribution in [3.63, 3.8) is 0 Å². The van der Waals surface area contributed by atoms with Gasteiger partial charge < -0.3 is 16.0 Å². The van der Waals surface area contributed by atoms with Crippen molar-refractivity contribution in [2.24, 2.45) is 5.73 Å². The van der Waals surface area contributed by atoms with Gasteiger partial charge in [-0.3, -0.25) is 9.59 Å². The molecule has 3 N–H and O–H groups in total. The summed E-state index contributed by atoms with van der Waals surface area (Å²) in [6.07, 6.45) is 0. The molecule has 0 bridgehead atoms. The van der Waals surface area contributed by atoms with E-state index >= 15 is 0 Å². The molecule has 0 spiro atoms. The standard InChI is InChI=1S/C20H25N3O2/c1-3-23(15-16-10-6-4-7-11-16)18(24)14-22-19(25)20(2,21)17-12-8-5-9-13-17/h4-13H,3,14-15,21H2,1-2H3,(H,22,25). The summed E-state index contributed by atoms with van der Waals surface area (Å²) in [5.74, 6) is -0.508. The molecule has 5 heteroatoms. The molecule has 2 amide bonds. The molecular formula is C20H25N3O2. The van der Waals surface area contributed by atoms with Crippen LogP contribution in [0.3, 0.4) is 0 Å². The Hall–Kier alpha value is -2.66. The molecule has 0 aliphatic carbocycles. The fourth-order valence-corrected chi connectivity index (χ4v) is 2.55. The normalized spacial score (nSPS) is 12.9. The summed E-state index contributed by atoms with van der Waals surface area (Å²) < 4.78 is 0. The van der Waals surface area contributed by atoms with Gasteiger partial charge in [-0.05, 0) is 25.0 Å². The minimum atomic E-state index is -1.18. The largest absolute Gasteiger partial charge is 0.345 e. The molecule has 0 radical (unpaired) electrons. The third kappa shape index (κ3) is 4.90. The monoisotopic (exact) mass is 339 g/mol. The van der Waals surface area contributed by atoms with Gasteiger partial charge in [-0.1, -0.05) is 60.7 Å². The second-order valence-electron chi connectivity index (χ2n) is 6.14. The molecule has 0 fully saturated rings. The molecule has 5 nitrogen and oxygen atoms in total. The van der Waals surface area contributed by atoms with E-state index in [1.165, 1.54) is 0 Å². The molecule has 0 heterocycles. The number of nitrogens with zero attached hydrogens (tertiary/aromatic N) is 1. The minimum Gasteiger partial charge on any atom is -0.345 e. The van der Waals surface area contributed by atoms with Crippen molar-refractivity contribution in [1.29, 1.82) is 0 Å². The van der Waals surface area contributed by atoms with Gasteiger partial charge in [-0.15, -0.1) is 0 Å². The number of rotatable bonds is 7. The lowest BCUT2D eigenvalue weighted by molar-refractivity contribution is -0.134. The molecule has 1 atom stereocenters. The molecule has 132 valence electrons. The predicted octanol–water partition coefficient (Wildman–Crippen LogP) is 2.03. The first-order chi connectivity index (χ1) is 11.9. The summed E-state index contributed by atoms with van der Waals surface area (Å²) in [5, 5.41) is 2.67. The number of hydrogen-bond acceptors (Lipinski definition) is 3. The Morgan fingerprint density at radius 3 is 2.16 bits per heavy atom. The van der Waals surface area contributed by atoms with Gasteiger partial charge in [0.1, 0.15) is 5.54 Å². The van der Waals surface area contributed by atoms with E-state index in [1.807, 2.05) is 55.5 Å². The lowest BCUT2D eigenvalue weighted by Crippen LogP contribution is -2.51. The molecule has 0 saturated carbocycles. The van der Waals surface area contributed by atoms with Crippen molar-refractivity contribution in [2.75, 3.05) is 13.1 Å². The Morgan fingerprint density at radius 2 is 1.60 bits per heavy atom. The van der Waals surface area contributed by atoms with Crippen LogP contribution in [-0.2, 0) is 21.7 Å². The highest BCUT2D eigenvalue weighted by Gasteiger charge is 2.30. The summed E-state index contributed by atoms with van der Waals surface area (Å²) in [6.45, 7) is 4.58. The molecule has 25 heavy (non-hydrogen) atoms. The van der Waals surface area contributed by atoms with E-state index in [0.717, 1.165) is 5.56 Å². The van der Waals surface area contributed by atoms with Crippen LogP contribution in [0.25, 0.3) is 0 Å². The molecule has 0 aromatic heterocycles. The Labute approximate surface area is 148 Å². The summed E-state index contributed by atoms with van der Waals surface area (Å²) in [4.78, 5) is 26.5. The Balaban J connectivity index is 1.94. The fourth-order valence-electron chi connectivity index (χ4n) is 2.55. The first-order valence-electron chi connectivity index (χ1n) is 8.39. The lowest BCUT2D eigenvalue weighted by atomic mass is 9.92. The highest BCUT2D eigenvalue weighted by Crippen LogP contribution is 2.17. The minimum absolute atomic E-state index is 0.0703. The highest BCUT2D eigenvalue weighted by molar-refractivity contribution is 5.90. The van der Waals surface area contributed by atoms with E-state index < -0.39 is 5.54 Å². The second kappa shape index (κ2) is 8.44. The van der Waals surface area contributed by atoms with Gasteiger partial charge in [0, 0.05) is 13.1 Å². The Morgan fingerprint density at radius 1 is 1.04 bits per heavy atom. The van der Waals surface area contributed by atoms with Crippen LogP contribution in [-0.4, -0.2) is 29.8 Å². The third-order valence-electron chi connectivity index (χ3n) is 4.20. The third-order valence-corrected chi connectivity index (χ3v) is 4.20. The van der Waals surface area contributed by atoms with Crippen molar-refractivity contribution in [3.8, 4) is 0 Å². The van der Waals surface area contributed by atoms with E-state index in [0.29, 0.717) is 18.7 Å². The van der Waals surface area contributed by atoms with E-state index in [4.69, 9.17) is 5.73 Å². The molecule has 1 unspecified atom stereocenters. The van der Waals surface area contributed by atoms with Crippen LogP contribution in [0.15, 0.2) is 60.7 Å². The molecule has 2 aromatic carbocycles. The summed E-state index contributed by atoms with van der Waals surface area (Å²) >= 11 is 0. The van der Waals surface area contributed by atoms with Crippen LogP contribution in [0.4, 0.5) is 0 Å². The smallest absolute Gasteiger partial charge is 0.244 e. The number of hydrogen-bond donors (Lipinski definition) is 2. The SMILES string of the molecule is CCN(Cc1ccccc1)C(=O)CNC(=O)C(C)(N)c1ccccc1. The highest BCUT2D eigenvalue weighted by atomic mass is 16.2. The molecular weight excluding hydrogens is 314 g/mol. The number of carbonyl (C=O) groups excluding carboxylic acids is 2. The van der Waals surface area contributed by atoms with Gasteiger partial charge in [0.25, 0.3) is 0 Å².